The molecule has 0 aliphatic carbocycles. The SMILES string of the molecule is Cc1noc(C(C)C)c1C(=O)OCC(=O)NC(C)(C)C. The zero-order chi connectivity index (χ0) is 15.5. The second-order valence-corrected chi connectivity index (χ2v) is 6.04. The van der Waals surface area contributed by atoms with E-state index in [4.69, 9.17) is 9.26 Å². The summed E-state index contributed by atoms with van der Waals surface area (Å²) in [5.41, 5.74) is 0.415. The minimum Gasteiger partial charge on any atom is -0.452 e. The van der Waals surface area contributed by atoms with E-state index >= 15 is 0 Å². The van der Waals surface area contributed by atoms with E-state index in [0.29, 0.717) is 17.0 Å². The van der Waals surface area contributed by atoms with Crippen LogP contribution in [0.4, 0.5) is 0 Å². The molecule has 0 bridgehead atoms. The van der Waals surface area contributed by atoms with Crippen LogP contribution in [-0.4, -0.2) is 29.2 Å². The molecule has 1 rings (SSSR count). The molecular weight excluding hydrogens is 260 g/mol. The van der Waals surface area contributed by atoms with Gasteiger partial charge < -0.3 is 14.6 Å². The maximum atomic E-state index is 12.0. The predicted molar refractivity (Wildman–Crippen MR) is 73.5 cm³/mol. The molecule has 0 saturated heterocycles. The first-order valence-electron chi connectivity index (χ1n) is 6.56. The van der Waals surface area contributed by atoms with E-state index in [2.05, 4.69) is 10.5 Å². The Hall–Kier alpha value is -1.85. The number of rotatable bonds is 4. The molecule has 0 aromatic carbocycles. The Morgan fingerprint density at radius 2 is 1.95 bits per heavy atom. The lowest BCUT2D eigenvalue weighted by Crippen LogP contribution is -2.42. The lowest BCUT2D eigenvalue weighted by atomic mass is 10.1. The van der Waals surface area contributed by atoms with Gasteiger partial charge in [-0.05, 0) is 27.7 Å². The van der Waals surface area contributed by atoms with Gasteiger partial charge in [0.05, 0.1) is 5.69 Å². The second-order valence-electron chi connectivity index (χ2n) is 6.04. The van der Waals surface area contributed by atoms with Gasteiger partial charge in [-0.15, -0.1) is 0 Å². The molecule has 0 fully saturated rings. The number of nitrogens with zero attached hydrogens (tertiary/aromatic N) is 1. The summed E-state index contributed by atoms with van der Waals surface area (Å²) in [6.45, 7) is 10.7. The van der Waals surface area contributed by atoms with Crippen molar-refractivity contribution >= 4 is 11.9 Å². The normalized spacial score (nSPS) is 11.6. The number of amides is 1. The van der Waals surface area contributed by atoms with Gasteiger partial charge >= 0.3 is 5.97 Å². The van der Waals surface area contributed by atoms with Crippen LogP contribution in [0.15, 0.2) is 4.52 Å². The number of carbonyl (C=O) groups excluding carboxylic acids is 2. The van der Waals surface area contributed by atoms with Gasteiger partial charge in [0.25, 0.3) is 5.91 Å². The Bertz CT molecular complexity index is 498. The summed E-state index contributed by atoms with van der Waals surface area (Å²) in [6, 6.07) is 0. The zero-order valence-corrected chi connectivity index (χ0v) is 12.9. The first-order valence-corrected chi connectivity index (χ1v) is 6.56. The summed E-state index contributed by atoms with van der Waals surface area (Å²) in [5, 5.41) is 6.49. The van der Waals surface area contributed by atoms with Crippen LogP contribution < -0.4 is 5.32 Å². The summed E-state index contributed by atoms with van der Waals surface area (Å²) >= 11 is 0. The number of ether oxygens (including phenoxy) is 1. The number of hydrogen-bond donors (Lipinski definition) is 1. The highest BCUT2D eigenvalue weighted by molar-refractivity contribution is 5.93. The smallest absolute Gasteiger partial charge is 0.344 e. The molecule has 0 aliphatic rings. The van der Waals surface area contributed by atoms with Crippen molar-refractivity contribution in [1.82, 2.24) is 10.5 Å². The van der Waals surface area contributed by atoms with Gasteiger partial charge in [0, 0.05) is 11.5 Å². The van der Waals surface area contributed by atoms with E-state index in [1.807, 2.05) is 34.6 Å². The van der Waals surface area contributed by atoms with Crippen molar-refractivity contribution in [3.8, 4) is 0 Å². The number of nitrogens with one attached hydrogen (secondary N) is 1. The van der Waals surface area contributed by atoms with Crippen LogP contribution in [0.25, 0.3) is 0 Å². The van der Waals surface area contributed by atoms with Gasteiger partial charge in [-0.25, -0.2) is 4.79 Å². The molecule has 0 saturated carbocycles. The molecule has 1 N–H and O–H groups in total. The Balaban J connectivity index is 2.69. The molecule has 0 atom stereocenters. The topological polar surface area (TPSA) is 81.4 Å². The zero-order valence-electron chi connectivity index (χ0n) is 12.9. The molecule has 20 heavy (non-hydrogen) atoms. The van der Waals surface area contributed by atoms with E-state index in [0.717, 1.165) is 0 Å². The fourth-order valence-corrected chi connectivity index (χ4v) is 1.69. The molecule has 6 nitrogen and oxygen atoms in total. The second kappa shape index (κ2) is 6.07. The van der Waals surface area contributed by atoms with Crippen molar-refractivity contribution in [3.05, 3.63) is 17.0 Å². The van der Waals surface area contributed by atoms with E-state index in [1.54, 1.807) is 6.92 Å². The summed E-state index contributed by atoms with van der Waals surface area (Å²) in [7, 11) is 0. The highest BCUT2D eigenvalue weighted by atomic mass is 16.5. The molecule has 1 aromatic rings. The van der Waals surface area contributed by atoms with Crippen molar-refractivity contribution in [2.45, 2.75) is 53.0 Å². The third-order valence-corrected chi connectivity index (χ3v) is 2.47. The monoisotopic (exact) mass is 282 g/mol. The van der Waals surface area contributed by atoms with E-state index < -0.39 is 5.97 Å². The molecule has 1 aromatic heterocycles. The van der Waals surface area contributed by atoms with Gasteiger partial charge in [-0.2, -0.15) is 0 Å². The standard InChI is InChI=1S/C14H22N2O4/c1-8(2)12-11(9(3)16-20-12)13(18)19-7-10(17)15-14(4,5)6/h8H,7H2,1-6H3,(H,15,17). The van der Waals surface area contributed by atoms with Gasteiger partial charge in [0.1, 0.15) is 5.56 Å². The van der Waals surface area contributed by atoms with E-state index in [9.17, 15) is 9.59 Å². The quantitative estimate of drug-likeness (QED) is 0.856. The van der Waals surface area contributed by atoms with Crippen molar-refractivity contribution in [2.75, 3.05) is 6.61 Å². The Kier molecular flexibility index (Phi) is 4.92. The maximum Gasteiger partial charge on any atom is 0.344 e. The Morgan fingerprint density at radius 3 is 2.45 bits per heavy atom. The van der Waals surface area contributed by atoms with Crippen molar-refractivity contribution in [3.63, 3.8) is 0 Å². The summed E-state index contributed by atoms with van der Waals surface area (Å²) in [5.74, 6) is -0.437. The third-order valence-electron chi connectivity index (χ3n) is 2.47. The fourth-order valence-electron chi connectivity index (χ4n) is 1.69. The van der Waals surface area contributed by atoms with Crippen molar-refractivity contribution in [1.29, 1.82) is 0 Å². The molecule has 0 spiro atoms. The minimum atomic E-state index is -0.587. The molecular formula is C14H22N2O4. The number of carbonyl (C=O) groups is 2. The fraction of sp³-hybridized carbons (Fsp3) is 0.643. The number of esters is 1. The average molecular weight is 282 g/mol. The number of hydrogen-bond acceptors (Lipinski definition) is 5. The van der Waals surface area contributed by atoms with Gasteiger partial charge in [0.15, 0.2) is 12.4 Å². The van der Waals surface area contributed by atoms with E-state index in [-0.39, 0.29) is 24.0 Å². The first kappa shape index (κ1) is 16.2. The predicted octanol–water partition coefficient (Wildman–Crippen LogP) is 2.18. The number of aryl methyl sites for hydroxylation is 1. The van der Waals surface area contributed by atoms with Gasteiger partial charge in [0.2, 0.25) is 0 Å². The molecule has 0 aliphatic heterocycles. The third kappa shape index (κ3) is 4.36. The van der Waals surface area contributed by atoms with Crippen LogP contribution in [0.3, 0.4) is 0 Å². The van der Waals surface area contributed by atoms with E-state index in [1.165, 1.54) is 0 Å². The molecule has 1 heterocycles. The highest BCUT2D eigenvalue weighted by Gasteiger charge is 2.24. The molecule has 6 heteroatoms. The minimum absolute atomic E-state index is 0.0159. The summed E-state index contributed by atoms with van der Waals surface area (Å²) in [6.07, 6.45) is 0. The summed E-state index contributed by atoms with van der Waals surface area (Å²) in [4.78, 5) is 23.6. The van der Waals surface area contributed by atoms with Crippen LogP contribution in [0.2, 0.25) is 0 Å². The van der Waals surface area contributed by atoms with Crippen LogP contribution in [0, 0.1) is 6.92 Å². The first-order chi connectivity index (χ1) is 9.11. The van der Waals surface area contributed by atoms with Crippen LogP contribution in [0.1, 0.15) is 62.3 Å². The summed E-state index contributed by atoms with van der Waals surface area (Å²) < 4.78 is 10.1. The van der Waals surface area contributed by atoms with Gasteiger partial charge in [-0.1, -0.05) is 19.0 Å². The Labute approximate surface area is 118 Å². The number of aromatic nitrogens is 1. The van der Waals surface area contributed by atoms with Crippen molar-refractivity contribution in [2.24, 2.45) is 0 Å². The lowest BCUT2D eigenvalue weighted by molar-refractivity contribution is -0.125. The van der Waals surface area contributed by atoms with Crippen LogP contribution in [0.5, 0.6) is 0 Å². The molecule has 112 valence electrons. The maximum absolute atomic E-state index is 12.0. The Morgan fingerprint density at radius 1 is 1.35 bits per heavy atom. The van der Waals surface area contributed by atoms with Crippen LogP contribution >= 0.6 is 0 Å². The lowest BCUT2D eigenvalue weighted by Gasteiger charge is -2.20. The van der Waals surface area contributed by atoms with Crippen LogP contribution in [-0.2, 0) is 9.53 Å². The average Bonchev–Trinajstić information content (AvgIpc) is 2.66. The highest BCUT2D eigenvalue weighted by Crippen LogP contribution is 2.22. The molecule has 0 unspecified atom stereocenters. The largest absolute Gasteiger partial charge is 0.452 e. The van der Waals surface area contributed by atoms with Crippen molar-refractivity contribution < 1.29 is 18.8 Å². The molecule has 1 amide bonds. The molecule has 0 radical (unpaired) electrons. The van der Waals surface area contributed by atoms with Gasteiger partial charge in [-0.3, -0.25) is 4.79 Å².